The van der Waals surface area contributed by atoms with Gasteiger partial charge >= 0.3 is 0 Å². The Morgan fingerprint density at radius 1 is 1.42 bits per heavy atom. The van der Waals surface area contributed by atoms with Gasteiger partial charge in [-0.1, -0.05) is 12.1 Å². The molecular weight excluding hydrogens is 250 g/mol. The molecule has 0 saturated heterocycles. The van der Waals surface area contributed by atoms with E-state index in [0.717, 1.165) is 11.6 Å². The van der Waals surface area contributed by atoms with E-state index < -0.39 is 17.7 Å². The van der Waals surface area contributed by atoms with Crippen molar-refractivity contribution >= 4 is 0 Å². The minimum atomic E-state index is -0.862. The molecule has 0 bridgehead atoms. The van der Waals surface area contributed by atoms with Crippen LogP contribution >= 0.6 is 0 Å². The molecule has 2 aromatic rings. The largest absolute Gasteiger partial charge is 0.276 e. The molecule has 19 heavy (non-hydrogen) atoms. The van der Waals surface area contributed by atoms with Gasteiger partial charge in [-0.2, -0.15) is 5.10 Å². The zero-order chi connectivity index (χ0) is 13.8. The van der Waals surface area contributed by atoms with E-state index in [2.05, 4.69) is 10.5 Å². The number of nitrogens with two attached hydrogens (primary N) is 1. The van der Waals surface area contributed by atoms with Gasteiger partial charge < -0.3 is 0 Å². The Morgan fingerprint density at radius 3 is 2.84 bits per heavy atom. The molecule has 0 aliphatic carbocycles. The fraction of sp³-hybridized carbons (Fsp3) is 0.308. The van der Waals surface area contributed by atoms with E-state index in [1.165, 1.54) is 12.1 Å². The summed E-state index contributed by atoms with van der Waals surface area (Å²) in [7, 11) is 1.83. The number of aryl methyl sites for hydroxylation is 2. The Morgan fingerprint density at radius 2 is 2.21 bits per heavy atom. The fourth-order valence-corrected chi connectivity index (χ4v) is 2.03. The molecule has 1 heterocycles. The van der Waals surface area contributed by atoms with Gasteiger partial charge in [0.2, 0.25) is 0 Å². The summed E-state index contributed by atoms with van der Waals surface area (Å²) in [4.78, 5) is 0. The first-order chi connectivity index (χ1) is 9.11. The molecule has 0 fully saturated rings. The number of hydrogen-bond acceptors (Lipinski definition) is 3. The molecular formula is C13H16F2N4. The first-order valence-electron chi connectivity index (χ1n) is 5.99. The normalized spacial score (nSPS) is 12.6. The fourth-order valence-electron chi connectivity index (χ4n) is 2.03. The Kier molecular flexibility index (Phi) is 4.24. The van der Waals surface area contributed by atoms with Crippen LogP contribution in [-0.2, 0) is 13.5 Å². The number of hydrogen-bond donors (Lipinski definition) is 2. The van der Waals surface area contributed by atoms with E-state index in [9.17, 15) is 8.78 Å². The Bertz CT molecular complexity index is 553. The lowest BCUT2D eigenvalue weighted by molar-refractivity contribution is 0.452. The SMILES string of the molecule is Cn1cc(CCC(NN)c2cccc(F)c2F)cn1. The molecule has 1 aromatic carbocycles. The van der Waals surface area contributed by atoms with Crippen LogP contribution < -0.4 is 11.3 Å². The van der Waals surface area contributed by atoms with Crippen LogP contribution in [0.2, 0.25) is 0 Å². The molecule has 1 unspecified atom stereocenters. The predicted molar refractivity (Wildman–Crippen MR) is 68.0 cm³/mol. The van der Waals surface area contributed by atoms with Crippen molar-refractivity contribution in [1.82, 2.24) is 15.2 Å². The van der Waals surface area contributed by atoms with E-state index in [4.69, 9.17) is 5.84 Å². The molecule has 4 nitrogen and oxygen atoms in total. The lowest BCUT2D eigenvalue weighted by atomic mass is 10.00. The van der Waals surface area contributed by atoms with Gasteiger partial charge in [-0.05, 0) is 24.5 Å². The summed E-state index contributed by atoms with van der Waals surface area (Å²) in [5, 5.41) is 4.06. The molecule has 1 atom stereocenters. The van der Waals surface area contributed by atoms with E-state index in [1.54, 1.807) is 10.9 Å². The summed E-state index contributed by atoms with van der Waals surface area (Å²) in [6.07, 6.45) is 4.87. The zero-order valence-electron chi connectivity index (χ0n) is 10.6. The first kappa shape index (κ1) is 13.6. The quantitative estimate of drug-likeness (QED) is 0.641. The molecule has 0 amide bonds. The van der Waals surface area contributed by atoms with Gasteiger partial charge in [-0.3, -0.25) is 16.0 Å². The molecule has 0 aliphatic heterocycles. The van der Waals surface area contributed by atoms with Crippen LogP contribution in [0.15, 0.2) is 30.6 Å². The molecule has 0 radical (unpaired) electrons. The highest BCUT2D eigenvalue weighted by molar-refractivity contribution is 5.22. The molecule has 3 N–H and O–H groups in total. The number of aromatic nitrogens is 2. The second-order valence-electron chi connectivity index (χ2n) is 4.42. The number of rotatable bonds is 5. The van der Waals surface area contributed by atoms with Crippen molar-refractivity contribution in [1.29, 1.82) is 0 Å². The van der Waals surface area contributed by atoms with Gasteiger partial charge in [0, 0.05) is 24.8 Å². The second-order valence-corrected chi connectivity index (χ2v) is 4.42. The summed E-state index contributed by atoms with van der Waals surface area (Å²) >= 11 is 0. The maximum absolute atomic E-state index is 13.7. The van der Waals surface area contributed by atoms with Crippen molar-refractivity contribution in [2.45, 2.75) is 18.9 Å². The molecule has 0 spiro atoms. The van der Waals surface area contributed by atoms with E-state index >= 15 is 0 Å². The topological polar surface area (TPSA) is 55.9 Å². The third kappa shape index (κ3) is 3.15. The third-order valence-electron chi connectivity index (χ3n) is 3.04. The Balaban J connectivity index is 2.09. The van der Waals surface area contributed by atoms with Gasteiger partial charge in [0.05, 0.1) is 6.20 Å². The number of nitrogens with zero attached hydrogens (tertiary/aromatic N) is 2. The smallest absolute Gasteiger partial charge is 0.163 e. The maximum Gasteiger partial charge on any atom is 0.163 e. The van der Waals surface area contributed by atoms with Crippen molar-refractivity contribution in [2.24, 2.45) is 12.9 Å². The van der Waals surface area contributed by atoms with E-state index in [-0.39, 0.29) is 5.56 Å². The molecule has 1 aromatic heterocycles. The van der Waals surface area contributed by atoms with Crippen molar-refractivity contribution in [3.05, 3.63) is 53.4 Å². The lowest BCUT2D eigenvalue weighted by Crippen LogP contribution is -2.29. The van der Waals surface area contributed by atoms with E-state index in [0.29, 0.717) is 12.8 Å². The van der Waals surface area contributed by atoms with Crippen molar-refractivity contribution < 1.29 is 8.78 Å². The monoisotopic (exact) mass is 266 g/mol. The molecule has 0 saturated carbocycles. The Hall–Kier alpha value is -1.79. The lowest BCUT2D eigenvalue weighted by Gasteiger charge is -2.16. The highest BCUT2D eigenvalue weighted by Crippen LogP contribution is 2.22. The molecule has 0 aliphatic rings. The predicted octanol–water partition coefficient (Wildman–Crippen LogP) is 1.84. The molecule has 6 heteroatoms. The van der Waals surface area contributed by atoms with Crippen molar-refractivity contribution in [3.63, 3.8) is 0 Å². The molecule has 2 rings (SSSR count). The van der Waals surface area contributed by atoms with Gasteiger partial charge in [0.25, 0.3) is 0 Å². The van der Waals surface area contributed by atoms with Gasteiger partial charge in [-0.15, -0.1) is 0 Å². The van der Waals surface area contributed by atoms with Crippen LogP contribution in [0.1, 0.15) is 23.6 Å². The summed E-state index contributed by atoms with van der Waals surface area (Å²) in [5.74, 6) is 3.72. The van der Waals surface area contributed by atoms with Crippen molar-refractivity contribution in [3.8, 4) is 0 Å². The van der Waals surface area contributed by atoms with Gasteiger partial charge in [-0.25, -0.2) is 8.78 Å². The van der Waals surface area contributed by atoms with Crippen molar-refractivity contribution in [2.75, 3.05) is 0 Å². The first-order valence-corrected chi connectivity index (χ1v) is 5.99. The summed E-state index contributed by atoms with van der Waals surface area (Å²) in [6, 6.07) is 3.66. The van der Waals surface area contributed by atoms with Crippen LogP contribution in [0, 0.1) is 11.6 Å². The summed E-state index contributed by atoms with van der Waals surface area (Å²) in [6.45, 7) is 0. The van der Waals surface area contributed by atoms with Crippen LogP contribution in [0.5, 0.6) is 0 Å². The second kappa shape index (κ2) is 5.90. The minimum Gasteiger partial charge on any atom is -0.276 e. The summed E-state index contributed by atoms with van der Waals surface area (Å²) in [5.41, 5.74) is 3.80. The maximum atomic E-state index is 13.7. The van der Waals surface area contributed by atoms with Crippen LogP contribution in [0.4, 0.5) is 8.78 Å². The minimum absolute atomic E-state index is 0.242. The highest BCUT2D eigenvalue weighted by Gasteiger charge is 2.17. The van der Waals surface area contributed by atoms with Gasteiger partial charge in [0.15, 0.2) is 11.6 Å². The van der Waals surface area contributed by atoms with Crippen LogP contribution in [-0.4, -0.2) is 9.78 Å². The average molecular weight is 266 g/mol. The van der Waals surface area contributed by atoms with E-state index in [1.807, 2.05) is 13.2 Å². The Labute approximate surface area is 110 Å². The van der Waals surface area contributed by atoms with Gasteiger partial charge in [0.1, 0.15) is 0 Å². The van der Waals surface area contributed by atoms with Crippen LogP contribution in [0.25, 0.3) is 0 Å². The van der Waals surface area contributed by atoms with Crippen LogP contribution in [0.3, 0.4) is 0 Å². The summed E-state index contributed by atoms with van der Waals surface area (Å²) < 4.78 is 28.6. The third-order valence-corrected chi connectivity index (χ3v) is 3.04. The highest BCUT2D eigenvalue weighted by atomic mass is 19.2. The number of hydrazine groups is 1. The number of halogens is 2. The molecule has 102 valence electrons. The zero-order valence-corrected chi connectivity index (χ0v) is 10.6. The number of benzene rings is 1. The average Bonchev–Trinajstić information content (AvgIpc) is 2.81. The standard InChI is InChI=1S/C13H16F2N4/c1-19-8-9(7-17-19)5-6-12(18-16)10-3-2-4-11(14)13(10)15/h2-4,7-8,12,18H,5-6,16H2,1H3. The number of nitrogens with one attached hydrogen (secondary N) is 1.